The van der Waals surface area contributed by atoms with Crippen molar-refractivity contribution >= 4 is 6.09 Å². The summed E-state index contributed by atoms with van der Waals surface area (Å²) in [4.78, 5) is 10.1. The zero-order chi connectivity index (χ0) is 8.81. The highest BCUT2D eigenvalue weighted by molar-refractivity contribution is 5.64. The van der Waals surface area contributed by atoms with Crippen molar-refractivity contribution in [2.24, 2.45) is 0 Å². The van der Waals surface area contributed by atoms with Gasteiger partial charge in [-0.3, -0.25) is 0 Å². The molecule has 70 valence electrons. The van der Waals surface area contributed by atoms with Crippen LogP contribution in [0.15, 0.2) is 0 Å². The third-order valence-electron chi connectivity index (χ3n) is 1.77. The van der Waals surface area contributed by atoms with Crippen molar-refractivity contribution < 1.29 is 14.6 Å². The van der Waals surface area contributed by atoms with Crippen LogP contribution in [-0.2, 0) is 4.74 Å². The van der Waals surface area contributed by atoms with E-state index in [0.29, 0.717) is 19.2 Å². The maximum atomic E-state index is 10.1. The molecule has 5 nitrogen and oxygen atoms in total. The molecule has 1 saturated heterocycles. The fraction of sp³-hybridized carbons (Fsp3) is 0.857. The normalized spacial score (nSPS) is 23.5. The number of amides is 1. The Morgan fingerprint density at radius 3 is 3.17 bits per heavy atom. The molecule has 0 aromatic carbocycles. The molecule has 0 spiro atoms. The Balaban J connectivity index is 2.01. The number of morpholine rings is 1. The molecule has 0 saturated carbocycles. The summed E-state index contributed by atoms with van der Waals surface area (Å²) in [6.07, 6.45) is -0.182. The molecule has 0 bridgehead atoms. The maximum Gasteiger partial charge on any atom is 0.404 e. The topological polar surface area (TPSA) is 70.6 Å². The van der Waals surface area contributed by atoms with Crippen LogP contribution in [0.5, 0.6) is 0 Å². The Morgan fingerprint density at radius 1 is 1.75 bits per heavy atom. The number of nitrogens with one attached hydrogen (secondary N) is 2. The summed E-state index contributed by atoms with van der Waals surface area (Å²) in [7, 11) is 0. The smallest absolute Gasteiger partial charge is 0.404 e. The van der Waals surface area contributed by atoms with Gasteiger partial charge in [-0.25, -0.2) is 4.79 Å². The molecular formula is C7H14N2O3. The van der Waals surface area contributed by atoms with Crippen LogP contribution in [0.2, 0.25) is 0 Å². The summed E-state index contributed by atoms with van der Waals surface area (Å²) >= 11 is 0. The van der Waals surface area contributed by atoms with Gasteiger partial charge in [0.2, 0.25) is 0 Å². The Kier molecular flexibility index (Phi) is 3.83. The number of ether oxygens (including phenoxy) is 1. The second-order valence-corrected chi connectivity index (χ2v) is 2.75. The van der Waals surface area contributed by atoms with Gasteiger partial charge in [0, 0.05) is 19.1 Å². The van der Waals surface area contributed by atoms with Crippen molar-refractivity contribution in [3.63, 3.8) is 0 Å². The van der Waals surface area contributed by atoms with Gasteiger partial charge in [0.25, 0.3) is 0 Å². The van der Waals surface area contributed by atoms with Crippen molar-refractivity contribution in [1.82, 2.24) is 10.6 Å². The zero-order valence-corrected chi connectivity index (χ0v) is 6.88. The second-order valence-electron chi connectivity index (χ2n) is 2.75. The lowest BCUT2D eigenvalue weighted by molar-refractivity contribution is 0.0742. The van der Waals surface area contributed by atoms with Gasteiger partial charge < -0.3 is 20.5 Å². The second kappa shape index (κ2) is 4.95. The molecular weight excluding hydrogens is 160 g/mol. The van der Waals surface area contributed by atoms with Crippen molar-refractivity contribution in [3.05, 3.63) is 0 Å². The highest BCUT2D eigenvalue weighted by atomic mass is 16.5. The molecule has 12 heavy (non-hydrogen) atoms. The van der Waals surface area contributed by atoms with Gasteiger partial charge in [0.1, 0.15) is 0 Å². The van der Waals surface area contributed by atoms with Crippen LogP contribution in [0.1, 0.15) is 6.42 Å². The van der Waals surface area contributed by atoms with Gasteiger partial charge in [-0.15, -0.1) is 0 Å². The highest BCUT2D eigenvalue weighted by Crippen LogP contribution is 1.96. The van der Waals surface area contributed by atoms with E-state index >= 15 is 0 Å². The Morgan fingerprint density at radius 2 is 2.58 bits per heavy atom. The molecule has 1 rings (SSSR count). The van der Waals surface area contributed by atoms with Crippen LogP contribution in [0, 0.1) is 0 Å². The largest absolute Gasteiger partial charge is 0.465 e. The number of rotatable bonds is 3. The Hall–Kier alpha value is -0.810. The average molecular weight is 174 g/mol. The molecule has 0 radical (unpaired) electrons. The van der Waals surface area contributed by atoms with E-state index in [9.17, 15) is 4.79 Å². The quantitative estimate of drug-likeness (QED) is 0.546. The summed E-state index contributed by atoms with van der Waals surface area (Å²) in [5.74, 6) is 0. The van der Waals surface area contributed by atoms with Crippen molar-refractivity contribution in [1.29, 1.82) is 0 Å². The average Bonchev–Trinajstić information content (AvgIpc) is 2.05. The molecule has 1 unspecified atom stereocenters. The van der Waals surface area contributed by atoms with E-state index in [4.69, 9.17) is 9.84 Å². The van der Waals surface area contributed by atoms with E-state index in [1.807, 2.05) is 0 Å². The molecule has 0 aromatic heterocycles. The minimum Gasteiger partial charge on any atom is -0.465 e. The van der Waals surface area contributed by atoms with Crippen LogP contribution in [0.25, 0.3) is 0 Å². The summed E-state index contributed by atoms with van der Waals surface area (Å²) in [6, 6.07) is 0.297. The number of hydrogen-bond acceptors (Lipinski definition) is 3. The maximum absolute atomic E-state index is 10.1. The molecule has 1 aliphatic heterocycles. The van der Waals surface area contributed by atoms with Crippen molar-refractivity contribution in [2.45, 2.75) is 12.5 Å². The Labute approximate surface area is 71.1 Å². The SMILES string of the molecule is O=C(O)NCCC1COCCN1. The fourth-order valence-corrected chi connectivity index (χ4v) is 1.16. The van der Waals surface area contributed by atoms with E-state index in [1.165, 1.54) is 0 Å². The first kappa shape index (κ1) is 9.28. The van der Waals surface area contributed by atoms with Gasteiger partial charge in [-0.05, 0) is 6.42 Å². The third kappa shape index (κ3) is 3.54. The van der Waals surface area contributed by atoms with Crippen LogP contribution in [0.4, 0.5) is 4.79 Å². The first-order valence-corrected chi connectivity index (χ1v) is 4.07. The van der Waals surface area contributed by atoms with Crippen LogP contribution in [0.3, 0.4) is 0 Å². The number of carbonyl (C=O) groups is 1. The van der Waals surface area contributed by atoms with E-state index in [0.717, 1.165) is 19.6 Å². The number of hydrogen-bond donors (Lipinski definition) is 3. The summed E-state index contributed by atoms with van der Waals surface area (Å²) in [5, 5.41) is 13.8. The van der Waals surface area contributed by atoms with Gasteiger partial charge in [-0.2, -0.15) is 0 Å². The third-order valence-corrected chi connectivity index (χ3v) is 1.77. The monoisotopic (exact) mass is 174 g/mol. The molecule has 1 fully saturated rings. The standard InChI is InChI=1S/C7H14N2O3/c10-7(11)9-2-1-6-5-12-4-3-8-6/h6,8-9H,1-5H2,(H,10,11). The van der Waals surface area contributed by atoms with E-state index in [-0.39, 0.29) is 0 Å². The van der Waals surface area contributed by atoms with Gasteiger partial charge >= 0.3 is 6.09 Å². The van der Waals surface area contributed by atoms with Crippen LogP contribution >= 0.6 is 0 Å². The summed E-state index contributed by atoms with van der Waals surface area (Å²) in [6.45, 7) is 2.78. The van der Waals surface area contributed by atoms with Gasteiger partial charge in [0.05, 0.1) is 13.2 Å². The molecule has 3 N–H and O–H groups in total. The van der Waals surface area contributed by atoms with Crippen LogP contribution in [-0.4, -0.2) is 43.5 Å². The predicted octanol–water partition coefficient (Wildman–Crippen LogP) is -0.368. The number of carboxylic acid groups (broad SMARTS) is 1. The zero-order valence-electron chi connectivity index (χ0n) is 6.88. The molecule has 1 atom stereocenters. The van der Waals surface area contributed by atoms with Gasteiger partial charge in [0.15, 0.2) is 0 Å². The van der Waals surface area contributed by atoms with E-state index in [2.05, 4.69) is 10.6 Å². The van der Waals surface area contributed by atoms with Gasteiger partial charge in [-0.1, -0.05) is 0 Å². The molecule has 1 heterocycles. The molecule has 1 amide bonds. The lowest BCUT2D eigenvalue weighted by Crippen LogP contribution is -2.43. The van der Waals surface area contributed by atoms with E-state index in [1.54, 1.807) is 0 Å². The fourth-order valence-electron chi connectivity index (χ4n) is 1.16. The Bertz CT molecular complexity index is 146. The molecule has 1 aliphatic rings. The van der Waals surface area contributed by atoms with Crippen molar-refractivity contribution in [2.75, 3.05) is 26.3 Å². The first-order chi connectivity index (χ1) is 5.79. The first-order valence-electron chi connectivity index (χ1n) is 4.07. The lowest BCUT2D eigenvalue weighted by Gasteiger charge is -2.23. The van der Waals surface area contributed by atoms with Crippen molar-refractivity contribution in [3.8, 4) is 0 Å². The van der Waals surface area contributed by atoms with E-state index < -0.39 is 6.09 Å². The molecule has 0 aliphatic carbocycles. The summed E-state index contributed by atoms with van der Waals surface area (Å²) < 4.78 is 5.20. The predicted molar refractivity (Wildman–Crippen MR) is 43.3 cm³/mol. The molecule has 5 heteroatoms. The minimum absolute atomic E-state index is 0.297. The highest BCUT2D eigenvalue weighted by Gasteiger charge is 2.12. The lowest BCUT2D eigenvalue weighted by atomic mass is 10.2. The van der Waals surface area contributed by atoms with Crippen LogP contribution < -0.4 is 10.6 Å². The minimum atomic E-state index is -0.966. The summed E-state index contributed by atoms with van der Waals surface area (Å²) in [5.41, 5.74) is 0. The molecule has 0 aromatic rings.